The van der Waals surface area contributed by atoms with Crippen LogP contribution in [0.3, 0.4) is 0 Å². The molecule has 0 aliphatic carbocycles. The average molecular weight is 267 g/mol. The maximum absolute atomic E-state index is 12.9. The van der Waals surface area contributed by atoms with Gasteiger partial charge in [-0.3, -0.25) is 4.68 Å². The third-order valence-corrected chi connectivity index (χ3v) is 3.11. The molecule has 0 spiro atoms. The van der Waals surface area contributed by atoms with Crippen LogP contribution < -0.4 is 5.32 Å². The van der Waals surface area contributed by atoms with Gasteiger partial charge in [0.2, 0.25) is 0 Å². The van der Waals surface area contributed by atoms with Crippen LogP contribution >= 0.6 is 0 Å². The Balaban J connectivity index is 1.88. The lowest BCUT2D eigenvalue weighted by atomic mass is 10.1. The van der Waals surface area contributed by atoms with Gasteiger partial charge in [-0.15, -0.1) is 0 Å². The molecule has 0 aliphatic rings. The summed E-state index contributed by atoms with van der Waals surface area (Å²) in [6.07, 6.45) is 1.77. The Morgan fingerprint density at radius 2 is 1.80 bits per heavy atom. The first kappa shape index (κ1) is 12.4. The number of rotatable bonds is 3. The minimum Gasteiger partial charge on any atom is -0.356 e. The summed E-state index contributed by atoms with van der Waals surface area (Å²) in [4.78, 5) is 0. The molecule has 0 saturated heterocycles. The number of hydrogen-bond acceptors (Lipinski definition) is 2. The number of halogens is 1. The highest BCUT2D eigenvalue weighted by molar-refractivity contribution is 5.68. The Labute approximate surface area is 116 Å². The zero-order valence-corrected chi connectivity index (χ0v) is 11.0. The topological polar surface area (TPSA) is 29.9 Å². The molecular weight excluding hydrogens is 253 g/mol. The molecule has 1 N–H and O–H groups in total. The lowest BCUT2D eigenvalue weighted by Crippen LogP contribution is -1.95. The molecule has 1 heterocycles. The lowest BCUT2D eigenvalue weighted by molar-refractivity contribution is 0.628. The molecule has 1 aromatic heterocycles. The quantitative estimate of drug-likeness (QED) is 0.778. The monoisotopic (exact) mass is 267 g/mol. The number of aryl methyl sites for hydroxylation is 1. The van der Waals surface area contributed by atoms with Gasteiger partial charge in [0, 0.05) is 30.2 Å². The molecule has 4 heteroatoms. The SMILES string of the molecule is Cn1nccc1-c1cccc(Nc2ccc(F)cc2)c1. The Bertz CT molecular complexity index is 717. The van der Waals surface area contributed by atoms with Gasteiger partial charge in [0.15, 0.2) is 0 Å². The summed E-state index contributed by atoms with van der Waals surface area (Å²) in [5, 5.41) is 7.43. The van der Waals surface area contributed by atoms with Crippen LogP contribution in [-0.4, -0.2) is 9.78 Å². The average Bonchev–Trinajstić information content (AvgIpc) is 2.88. The van der Waals surface area contributed by atoms with Gasteiger partial charge in [0.05, 0.1) is 5.69 Å². The molecule has 0 atom stereocenters. The normalized spacial score (nSPS) is 10.5. The Hall–Kier alpha value is -2.62. The molecule has 100 valence electrons. The summed E-state index contributed by atoms with van der Waals surface area (Å²) < 4.78 is 14.7. The summed E-state index contributed by atoms with van der Waals surface area (Å²) in [5.41, 5.74) is 3.94. The number of anilines is 2. The fourth-order valence-electron chi connectivity index (χ4n) is 2.11. The highest BCUT2D eigenvalue weighted by atomic mass is 19.1. The summed E-state index contributed by atoms with van der Waals surface area (Å²) in [6, 6.07) is 16.3. The van der Waals surface area contributed by atoms with Gasteiger partial charge in [-0.1, -0.05) is 12.1 Å². The van der Waals surface area contributed by atoms with Crippen LogP contribution in [-0.2, 0) is 7.05 Å². The first-order valence-electron chi connectivity index (χ1n) is 6.33. The van der Waals surface area contributed by atoms with Crippen LogP contribution in [0, 0.1) is 5.82 Å². The van der Waals surface area contributed by atoms with Gasteiger partial charge in [-0.2, -0.15) is 5.10 Å². The van der Waals surface area contributed by atoms with Crippen molar-refractivity contribution >= 4 is 11.4 Å². The van der Waals surface area contributed by atoms with Crippen LogP contribution in [0.15, 0.2) is 60.8 Å². The fraction of sp³-hybridized carbons (Fsp3) is 0.0625. The van der Waals surface area contributed by atoms with E-state index in [0.29, 0.717) is 0 Å². The Morgan fingerprint density at radius 1 is 1.00 bits per heavy atom. The van der Waals surface area contributed by atoms with E-state index in [9.17, 15) is 4.39 Å². The third kappa shape index (κ3) is 2.54. The highest BCUT2D eigenvalue weighted by Gasteiger charge is 2.03. The van der Waals surface area contributed by atoms with E-state index in [2.05, 4.69) is 10.4 Å². The molecule has 0 radical (unpaired) electrons. The minimum absolute atomic E-state index is 0.237. The Kier molecular flexibility index (Phi) is 3.21. The molecule has 2 aromatic carbocycles. The van der Waals surface area contributed by atoms with Crippen molar-refractivity contribution in [2.24, 2.45) is 7.05 Å². The molecule has 0 fully saturated rings. The van der Waals surface area contributed by atoms with Crippen LogP contribution in [0.2, 0.25) is 0 Å². The summed E-state index contributed by atoms with van der Waals surface area (Å²) >= 11 is 0. The molecule has 0 bridgehead atoms. The summed E-state index contributed by atoms with van der Waals surface area (Å²) in [5.74, 6) is -0.237. The van der Waals surface area contributed by atoms with Gasteiger partial charge < -0.3 is 5.32 Å². The molecule has 3 nitrogen and oxygen atoms in total. The Morgan fingerprint density at radius 3 is 2.50 bits per heavy atom. The van der Waals surface area contributed by atoms with Crippen molar-refractivity contribution < 1.29 is 4.39 Å². The molecule has 3 aromatic rings. The van der Waals surface area contributed by atoms with Gasteiger partial charge in [-0.25, -0.2) is 4.39 Å². The number of benzene rings is 2. The molecule has 0 saturated carbocycles. The first-order chi connectivity index (χ1) is 9.72. The highest BCUT2D eigenvalue weighted by Crippen LogP contribution is 2.24. The van der Waals surface area contributed by atoms with Crippen molar-refractivity contribution in [1.82, 2.24) is 9.78 Å². The van der Waals surface area contributed by atoms with Gasteiger partial charge in [0.25, 0.3) is 0 Å². The number of aromatic nitrogens is 2. The van der Waals surface area contributed by atoms with Crippen LogP contribution in [0.1, 0.15) is 0 Å². The van der Waals surface area contributed by atoms with E-state index in [4.69, 9.17) is 0 Å². The third-order valence-electron chi connectivity index (χ3n) is 3.11. The van der Waals surface area contributed by atoms with E-state index in [-0.39, 0.29) is 5.82 Å². The standard InChI is InChI=1S/C16H14FN3/c1-20-16(9-10-18-20)12-3-2-4-15(11-12)19-14-7-5-13(17)6-8-14/h2-11,19H,1H3. The summed E-state index contributed by atoms with van der Waals surface area (Å²) in [6.45, 7) is 0. The second-order valence-corrected chi connectivity index (χ2v) is 4.55. The fourth-order valence-corrected chi connectivity index (χ4v) is 2.11. The van der Waals surface area contributed by atoms with Gasteiger partial charge in [0.1, 0.15) is 5.82 Å². The largest absolute Gasteiger partial charge is 0.356 e. The minimum atomic E-state index is -0.237. The van der Waals surface area contributed by atoms with Crippen molar-refractivity contribution in [3.8, 4) is 11.3 Å². The second-order valence-electron chi connectivity index (χ2n) is 4.55. The van der Waals surface area contributed by atoms with Crippen LogP contribution in [0.4, 0.5) is 15.8 Å². The molecule has 0 aliphatic heterocycles. The zero-order chi connectivity index (χ0) is 13.9. The van der Waals surface area contributed by atoms with Gasteiger partial charge in [-0.05, 0) is 42.5 Å². The van der Waals surface area contributed by atoms with Crippen molar-refractivity contribution in [3.05, 3.63) is 66.6 Å². The second kappa shape index (κ2) is 5.17. The van der Waals surface area contributed by atoms with Crippen molar-refractivity contribution in [1.29, 1.82) is 0 Å². The number of hydrogen-bond donors (Lipinski definition) is 1. The molecule has 20 heavy (non-hydrogen) atoms. The smallest absolute Gasteiger partial charge is 0.123 e. The first-order valence-corrected chi connectivity index (χ1v) is 6.33. The molecule has 0 unspecified atom stereocenters. The van der Waals surface area contributed by atoms with Crippen LogP contribution in [0.25, 0.3) is 11.3 Å². The van der Waals surface area contributed by atoms with E-state index < -0.39 is 0 Å². The molecular formula is C16H14FN3. The molecule has 3 rings (SSSR count). The van der Waals surface area contributed by atoms with Crippen molar-refractivity contribution in [3.63, 3.8) is 0 Å². The zero-order valence-electron chi connectivity index (χ0n) is 11.0. The number of nitrogens with one attached hydrogen (secondary N) is 1. The van der Waals surface area contributed by atoms with Crippen molar-refractivity contribution in [2.45, 2.75) is 0 Å². The number of nitrogens with zero attached hydrogens (tertiary/aromatic N) is 2. The maximum Gasteiger partial charge on any atom is 0.123 e. The molecule has 0 amide bonds. The van der Waals surface area contributed by atoms with E-state index in [0.717, 1.165) is 22.6 Å². The van der Waals surface area contributed by atoms with E-state index in [1.165, 1.54) is 12.1 Å². The predicted octanol–water partition coefficient (Wildman–Crippen LogP) is 3.97. The van der Waals surface area contributed by atoms with E-state index in [1.807, 2.05) is 42.1 Å². The van der Waals surface area contributed by atoms with Crippen molar-refractivity contribution in [2.75, 3.05) is 5.32 Å². The van der Waals surface area contributed by atoms with E-state index in [1.54, 1.807) is 18.3 Å². The van der Waals surface area contributed by atoms with E-state index >= 15 is 0 Å². The van der Waals surface area contributed by atoms with Gasteiger partial charge >= 0.3 is 0 Å². The summed E-state index contributed by atoms with van der Waals surface area (Å²) in [7, 11) is 1.91. The van der Waals surface area contributed by atoms with Crippen LogP contribution in [0.5, 0.6) is 0 Å². The maximum atomic E-state index is 12.9. The lowest BCUT2D eigenvalue weighted by Gasteiger charge is -2.09. The predicted molar refractivity (Wildman–Crippen MR) is 78.3 cm³/mol.